The van der Waals surface area contributed by atoms with Gasteiger partial charge < -0.3 is 9.64 Å². The molecule has 0 spiro atoms. The van der Waals surface area contributed by atoms with Crippen LogP contribution in [0.1, 0.15) is 29.7 Å². The van der Waals surface area contributed by atoms with Gasteiger partial charge in [-0.25, -0.2) is 0 Å². The molecule has 2 aliphatic rings. The van der Waals surface area contributed by atoms with E-state index in [9.17, 15) is 0 Å². The molecule has 4 heteroatoms. The Morgan fingerprint density at radius 2 is 1.60 bits per heavy atom. The van der Waals surface area contributed by atoms with Gasteiger partial charge in [0.15, 0.2) is 0 Å². The lowest BCUT2D eigenvalue weighted by Crippen LogP contribution is -3.14. The van der Waals surface area contributed by atoms with E-state index in [2.05, 4.69) is 59.6 Å². The number of hydrazone groups is 1. The van der Waals surface area contributed by atoms with Crippen molar-refractivity contribution in [3.63, 3.8) is 0 Å². The van der Waals surface area contributed by atoms with Crippen LogP contribution in [0.2, 0.25) is 0 Å². The SMILES string of the molecule is CCOc1cccc(/C=N/N2CC[NH+](C3c4ccccc4-c4ccccc43)CC2)c1. The fraction of sp³-hybridized carbons (Fsp3) is 0.269. The van der Waals surface area contributed by atoms with Crippen molar-refractivity contribution in [1.29, 1.82) is 0 Å². The molecule has 152 valence electrons. The third-order valence-electron chi connectivity index (χ3n) is 6.16. The molecule has 1 fully saturated rings. The van der Waals surface area contributed by atoms with E-state index in [1.807, 2.05) is 31.3 Å². The molecule has 0 radical (unpaired) electrons. The molecule has 3 aromatic rings. The van der Waals surface area contributed by atoms with Gasteiger partial charge >= 0.3 is 0 Å². The minimum Gasteiger partial charge on any atom is -0.494 e. The molecule has 3 aromatic carbocycles. The van der Waals surface area contributed by atoms with Gasteiger partial charge in [-0.3, -0.25) is 5.01 Å². The van der Waals surface area contributed by atoms with E-state index in [-0.39, 0.29) is 0 Å². The van der Waals surface area contributed by atoms with E-state index in [4.69, 9.17) is 9.84 Å². The Kier molecular flexibility index (Phi) is 5.24. The first kappa shape index (κ1) is 18.9. The van der Waals surface area contributed by atoms with Crippen molar-refractivity contribution in [2.75, 3.05) is 32.8 Å². The van der Waals surface area contributed by atoms with Crippen LogP contribution < -0.4 is 9.64 Å². The standard InChI is InChI=1S/C26H27N3O/c1-2-30-21-9-7-8-20(18-21)19-27-29-16-14-28(15-17-29)26-24-12-5-3-10-22(24)23-11-4-6-13-25(23)26/h3-13,18-19,26H,2,14-17H2,1H3/p+1/b27-19+. The number of piperazine rings is 1. The zero-order valence-corrected chi connectivity index (χ0v) is 17.4. The molecule has 0 unspecified atom stereocenters. The monoisotopic (exact) mass is 398 g/mol. The zero-order chi connectivity index (χ0) is 20.3. The van der Waals surface area contributed by atoms with Crippen LogP contribution in [0.3, 0.4) is 0 Å². The molecular weight excluding hydrogens is 370 g/mol. The van der Waals surface area contributed by atoms with Crippen molar-refractivity contribution < 1.29 is 9.64 Å². The highest BCUT2D eigenvalue weighted by Gasteiger charge is 2.37. The van der Waals surface area contributed by atoms with Gasteiger partial charge in [0.2, 0.25) is 0 Å². The number of fused-ring (bicyclic) bond motifs is 3. The van der Waals surface area contributed by atoms with Crippen molar-refractivity contribution in [2.24, 2.45) is 5.10 Å². The Balaban J connectivity index is 1.28. The number of quaternary nitrogens is 1. The smallest absolute Gasteiger partial charge is 0.140 e. The van der Waals surface area contributed by atoms with Gasteiger partial charge in [-0.2, -0.15) is 5.10 Å². The lowest BCUT2D eigenvalue weighted by atomic mass is 10.0. The Bertz CT molecular complexity index is 1010. The molecule has 1 saturated heterocycles. The molecule has 1 heterocycles. The topological polar surface area (TPSA) is 29.3 Å². The molecule has 0 aromatic heterocycles. The maximum Gasteiger partial charge on any atom is 0.140 e. The number of hydrogen-bond acceptors (Lipinski definition) is 3. The van der Waals surface area contributed by atoms with Crippen molar-refractivity contribution in [3.8, 4) is 16.9 Å². The number of benzene rings is 3. The summed E-state index contributed by atoms with van der Waals surface area (Å²) in [4.78, 5) is 1.64. The maximum absolute atomic E-state index is 5.59. The first-order valence-corrected chi connectivity index (χ1v) is 10.9. The summed E-state index contributed by atoms with van der Waals surface area (Å²) < 4.78 is 5.59. The number of rotatable bonds is 5. The Morgan fingerprint density at radius 1 is 0.933 bits per heavy atom. The Labute approximate surface area is 178 Å². The summed E-state index contributed by atoms with van der Waals surface area (Å²) in [6.45, 7) is 6.80. The number of nitrogens with one attached hydrogen (secondary N) is 1. The second-order valence-electron chi connectivity index (χ2n) is 7.97. The molecule has 0 bridgehead atoms. The number of nitrogens with zero attached hydrogens (tertiary/aromatic N) is 2. The van der Waals surface area contributed by atoms with Crippen molar-refractivity contribution in [1.82, 2.24) is 5.01 Å². The van der Waals surface area contributed by atoms with E-state index >= 15 is 0 Å². The van der Waals surface area contributed by atoms with E-state index in [0.717, 1.165) is 37.5 Å². The molecule has 0 atom stereocenters. The normalized spacial score (nSPS) is 16.6. The van der Waals surface area contributed by atoms with Gasteiger partial charge in [-0.05, 0) is 35.7 Å². The molecular formula is C26H28N3O+. The second-order valence-corrected chi connectivity index (χ2v) is 7.97. The third kappa shape index (κ3) is 3.59. The Hall–Kier alpha value is -3.11. The molecule has 5 rings (SSSR count). The van der Waals surface area contributed by atoms with Gasteiger partial charge in [0.05, 0.1) is 39.0 Å². The van der Waals surface area contributed by atoms with Crippen LogP contribution in [0.4, 0.5) is 0 Å². The molecule has 1 aliphatic heterocycles. The van der Waals surface area contributed by atoms with Crippen LogP contribution in [-0.4, -0.2) is 44.0 Å². The van der Waals surface area contributed by atoms with Crippen LogP contribution >= 0.6 is 0 Å². The summed E-state index contributed by atoms with van der Waals surface area (Å²) in [5.41, 5.74) is 6.83. The summed E-state index contributed by atoms with van der Waals surface area (Å²) in [6.07, 6.45) is 1.95. The van der Waals surface area contributed by atoms with Crippen LogP contribution in [0.5, 0.6) is 5.75 Å². The highest BCUT2D eigenvalue weighted by molar-refractivity contribution is 5.80. The summed E-state index contributed by atoms with van der Waals surface area (Å²) in [5.74, 6) is 0.897. The van der Waals surface area contributed by atoms with E-state index in [1.165, 1.54) is 22.3 Å². The number of ether oxygens (including phenoxy) is 1. The minimum absolute atomic E-state index is 0.436. The van der Waals surface area contributed by atoms with Crippen LogP contribution in [-0.2, 0) is 0 Å². The van der Waals surface area contributed by atoms with Crippen LogP contribution in [0.15, 0.2) is 77.9 Å². The highest BCUT2D eigenvalue weighted by Crippen LogP contribution is 2.41. The molecule has 1 N–H and O–H groups in total. The molecule has 0 saturated carbocycles. The van der Waals surface area contributed by atoms with Crippen molar-refractivity contribution in [3.05, 3.63) is 89.5 Å². The van der Waals surface area contributed by atoms with Gasteiger partial charge in [-0.15, -0.1) is 0 Å². The number of hydrogen-bond donors (Lipinski definition) is 1. The summed E-state index contributed by atoms with van der Waals surface area (Å²) >= 11 is 0. The van der Waals surface area contributed by atoms with Crippen LogP contribution in [0.25, 0.3) is 11.1 Å². The molecule has 1 aliphatic carbocycles. The summed E-state index contributed by atoms with van der Waals surface area (Å²) in [6, 6.07) is 26.4. The average Bonchev–Trinajstić information content (AvgIpc) is 3.13. The van der Waals surface area contributed by atoms with Crippen molar-refractivity contribution >= 4 is 6.21 Å². The highest BCUT2D eigenvalue weighted by atomic mass is 16.5. The van der Waals surface area contributed by atoms with E-state index in [1.54, 1.807) is 4.90 Å². The quantitative estimate of drug-likeness (QED) is 0.668. The largest absolute Gasteiger partial charge is 0.494 e. The summed E-state index contributed by atoms with van der Waals surface area (Å²) in [5, 5.41) is 6.94. The lowest BCUT2D eigenvalue weighted by Gasteiger charge is -2.34. The predicted octanol–water partition coefficient (Wildman–Crippen LogP) is 3.39. The fourth-order valence-electron chi connectivity index (χ4n) is 4.78. The summed E-state index contributed by atoms with van der Waals surface area (Å²) in [7, 11) is 0. The third-order valence-corrected chi connectivity index (χ3v) is 6.16. The van der Waals surface area contributed by atoms with Gasteiger partial charge in [0, 0.05) is 11.1 Å². The van der Waals surface area contributed by atoms with Gasteiger partial charge in [-0.1, -0.05) is 60.7 Å². The Morgan fingerprint density at radius 3 is 2.27 bits per heavy atom. The average molecular weight is 399 g/mol. The molecule has 0 amide bonds. The first-order chi connectivity index (χ1) is 14.8. The van der Waals surface area contributed by atoms with E-state index < -0.39 is 0 Å². The fourth-order valence-corrected chi connectivity index (χ4v) is 4.78. The zero-order valence-electron chi connectivity index (χ0n) is 17.4. The molecule has 4 nitrogen and oxygen atoms in total. The minimum atomic E-state index is 0.436. The van der Waals surface area contributed by atoms with Gasteiger partial charge in [0.25, 0.3) is 0 Å². The lowest BCUT2D eigenvalue weighted by molar-refractivity contribution is -0.929. The van der Waals surface area contributed by atoms with Crippen LogP contribution in [0, 0.1) is 0 Å². The second kappa shape index (κ2) is 8.33. The first-order valence-electron chi connectivity index (χ1n) is 10.9. The van der Waals surface area contributed by atoms with Gasteiger partial charge in [0.1, 0.15) is 11.8 Å². The van der Waals surface area contributed by atoms with E-state index in [0.29, 0.717) is 12.6 Å². The van der Waals surface area contributed by atoms with Crippen molar-refractivity contribution in [2.45, 2.75) is 13.0 Å². The predicted molar refractivity (Wildman–Crippen MR) is 121 cm³/mol. The molecule has 30 heavy (non-hydrogen) atoms. The maximum atomic E-state index is 5.59.